The lowest BCUT2D eigenvalue weighted by Crippen LogP contribution is -2.38. The number of aryl methyl sites for hydroxylation is 1. The van der Waals surface area contributed by atoms with Gasteiger partial charge in [0.2, 0.25) is 0 Å². The molecule has 1 atom stereocenters. The Morgan fingerprint density at radius 2 is 2.16 bits per heavy atom. The Bertz CT molecular complexity index is 926. The summed E-state index contributed by atoms with van der Waals surface area (Å²) >= 11 is 0. The summed E-state index contributed by atoms with van der Waals surface area (Å²) in [5, 5.41) is 2.88. The van der Waals surface area contributed by atoms with Gasteiger partial charge >= 0.3 is 0 Å². The van der Waals surface area contributed by atoms with E-state index >= 15 is 0 Å². The smallest absolute Gasteiger partial charge is 0.261 e. The van der Waals surface area contributed by atoms with Crippen molar-refractivity contribution in [3.63, 3.8) is 0 Å². The van der Waals surface area contributed by atoms with Gasteiger partial charge in [-0.3, -0.25) is 4.79 Å². The molecular weight excluding hydrogens is 321 g/mol. The number of nitrogens with zero attached hydrogens (tertiary/aromatic N) is 2. The Hall–Kier alpha value is -2.89. The van der Waals surface area contributed by atoms with E-state index in [9.17, 15) is 9.18 Å². The third kappa shape index (κ3) is 2.84. The van der Waals surface area contributed by atoms with Crippen LogP contribution in [-0.4, -0.2) is 28.1 Å². The van der Waals surface area contributed by atoms with E-state index in [2.05, 4.69) is 10.3 Å². The molecule has 0 bridgehead atoms. The average Bonchev–Trinajstić information content (AvgIpc) is 3.18. The number of rotatable bonds is 4. The number of para-hydroxylation sites is 2. The Labute approximate surface area is 144 Å². The first-order chi connectivity index (χ1) is 12.1. The van der Waals surface area contributed by atoms with Crippen molar-refractivity contribution in [2.75, 3.05) is 6.54 Å². The largest absolute Gasteiger partial charge is 0.480 e. The van der Waals surface area contributed by atoms with Crippen molar-refractivity contribution in [2.45, 2.75) is 18.9 Å². The first kappa shape index (κ1) is 15.6. The van der Waals surface area contributed by atoms with Gasteiger partial charge in [0.15, 0.2) is 11.9 Å². The van der Waals surface area contributed by atoms with Crippen LogP contribution in [0.25, 0.3) is 11.0 Å². The van der Waals surface area contributed by atoms with Crippen molar-refractivity contribution in [3.05, 3.63) is 59.7 Å². The van der Waals surface area contributed by atoms with Gasteiger partial charge in [0, 0.05) is 26.4 Å². The minimum Gasteiger partial charge on any atom is -0.480 e. The van der Waals surface area contributed by atoms with Crippen LogP contribution in [0.15, 0.2) is 42.5 Å². The number of hydrogen-bond donors (Lipinski definition) is 1. The van der Waals surface area contributed by atoms with Crippen LogP contribution in [0.1, 0.15) is 11.4 Å². The number of benzene rings is 2. The van der Waals surface area contributed by atoms with Crippen LogP contribution in [0.5, 0.6) is 5.75 Å². The highest BCUT2D eigenvalue weighted by Crippen LogP contribution is 2.28. The van der Waals surface area contributed by atoms with Crippen LogP contribution in [0.3, 0.4) is 0 Å². The van der Waals surface area contributed by atoms with Crippen LogP contribution in [-0.2, 0) is 24.7 Å². The lowest BCUT2D eigenvalue weighted by Gasteiger charge is -2.11. The van der Waals surface area contributed by atoms with Crippen molar-refractivity contribution < 1.29 is 13.9 Å². The quantitative estimate of drug-likeness (QED) is 0.794. The summed E-state index contributed by atoms with van der Waals surface area (Å²) < 4.78 is 21.3. The molecule has 0 saturated heterocycles. The van der Waals surface area contributed by atoms with E-state index in [1.54, 1.807) is 6.07 Å². The molecule has 0 spiro atoms. The maximum Gasteiger partial charge on any atom is 0.261 e. The molecule has 1 aliphatic heterocycles. The fourth-order valence-corrected chi connectivity index (χ4v) is 3.19. The van der Waals surface area contributed by atoms with E-state index in [0.717, 1.165) is 22.7 Å². The van der Waals surface area contributed by atoms with Crippen molar-refractivity contribution in [3.8, 4) is 5.75 Å². The summed E-state index contributed by atoms with van der Waals surface area (Å²) in [5.41, 5.74) is 2.16. The fourth-order valence-electron chi connectivity index (χ4n) is 3.19. The van der Waals surface area contributed by atoms with Crippen molar-refractivity contribution in [1.29, 1.82) is 0 Å². The Kier molecular flexibility index (Phi) is 3.87. The van der Waals surface area contributed by atoms with E-state index < -0.39 is 6.10 Å². The number of fused-ring (bicyclic) bond motifs is 2. The number of amides is 1. The third-order valence-electron chi connectivity index (χ3n) is 4.54. The van der Waals surface area contributed by atoms with E-state index in [0.29, 0.717) is 24.9 Å². The second kappa shape index (κ2) is 6.20. The van der Waals surface area contributed by atoms with Crippen molar-refractivity contribution >= 4 is 16.9 Å². The van der Waals surface area contributed by atoms with Gasteiger partial charge in [-0.25, -0.2) is 9.37 Å². The van der Waals surface area contributed by atoms with Gasteiger partial charge in [-0.1, -0.05) is 24.3 Å². The number of imidazole rings is 1. The molecule has 0 fully saturated rings. The molecule has 0 unspecified atom stereocenters. The lowest BCUT2D eigenvalue weighted by molar-refractivity contribution is -0.127. The van der Waals surface area contributed by atoms with E-state index in [1.165, 1.54) is 6.07 Å². The van der Waals surface area contributed by atoms with Crippen LogP contribution in [0, 0.1) is 5.82 Å². The summed E-state index contributed by atoms with van der Waals surface area (Å²) in [6, 6.07) is 12.6. The molecule has 1 aromatic heterocycles. The summed E-state index contributed by atoms with van der Waals surface area (Å²) in [6.45, 7) is 0.424. The number of carbonyl (C=O) groups excluding carboxylic acids is 1. The maximum absolute atomic E-state index is 13.8. The zero-order valence-electron chi connectivity index (χ0n) is 13.8. The number of hydrogen-bond acceptors (Lipinski definition) is 3. The van der Waals surface area contributed by atoms with Gasteiger partial charge in [-0.05, 0) is 23.8 Å². The van der Waals surface area contributed by atoms with Gasteiger partial charge in [0.1, 0.15) is 17.1 Å². The molecule has 1 N–H and O–H groups in total. The molecule has 5 nitrogen and oxygen atoms in total. The summed E-state index contributed by atoms with van der Waals surface area (Å²) in [4.78, 5) is 16.6. The predicted molar refractivity (Wildman–Crippen MR) is 91.9 cm³/mol. The van der Waals surface area contributed by atoms with Crippen molar-refractivity contribution in [1.82, 2.24) is 14.9 Å². The highest BCUT2D eigenvalue weighted by Gasteiger charge is 2.28. The number of nitrogens with one attached hydrogen (secondary N) is 1. The molecule has 2 heterocycles. The summed E-state index contributed by atoms with van der Waals surface area (Å²) in [7, 11) is 1.85. The van der Waals surface area contributed by atoms with Crippen LogP contribution in [0.2, 0.25) is 0 Å². The van der Waals surface area contributed by atoms with E-state index in [4.69, 9.17) is 4.74 Å². The SMILES string of the molecule is Cn1c(CCNC(=O)[C@H]2Cc3ccccc3O2)nc2c(F)cccc21. The second-order valence-corrected chi connectivity index (χ2v) is 6.15. The van der Waals surface area contributed by atoms with Gasteiger partial charge < -0.3 is 14.6 Å². The molecule has 1 aliphatic rings. The molecule has 0 saturated carbocycles. The Morgan fingerprint density at radius 1 is 1.32 bits per heavy atom. The highest BCUT2D eigenvalue weighted by molar-refractivity contribution is 5.82. The van der Waals surface area contributed by atoms with Crippen LogP contribution < -0.4 is 10.1 Å². The van der Waals surface area contributed by atoms with E-state index in [-0.39, 0.29) is 11.7 Å². The zero-order chi connectivity index (χ0) is 17.4. The molecule has 3 aromatic rings. The minimum absolute atomic E-state index is 0.138. The third-order valence-corrected chi connectivity index (χ3v) is 4.54. The Balaban J connectivity index is 1.38. The summed E-state index contributed by atoms with van der Waals surface area (Å²) in [5.74, 6) is 1.03. The average molecular weight is 339 g/mol. The molecule has 4 rings (SSSR count). The predicted octanol–water partition coefficient (Wildman–Crippen LogP) is 2.37. The van der Waals surface area contributed by atoms with E-state index in [1.807, 2.05) is 41.9 Å². The Morgan fingerprint density at radius 3 is 2.96 bits per heavy atom. The topological polar surface area (TPSA) is 56.2 Å². The lowest BCUT2D eigenvalue weighted by atomic mass is 10.1. The molecule has 6 heteroatoms. The van der Waals surface area contributed by atoms with Gasteiger partial charge in [-0.15, -0.1) is 0 Å². The molecule has 1 amide bonds. The number of ether oxygens (including phenoxy) is 1. The maximum atomic E-state index is 13.8. The highest BCUT2D eigenvalue weighted by atomic mass is 19.1. The molecule has 2 aromatic carbocycles. The molecule has 0 radical (unpaired) electrons. The van der Waals surface area contributed by atoms with Gasteiger partial charge in [0.25, 0.3) is 5.91 Å². The van der Waals surface area contributed by atoms with Crippen molar-refractivity contribution in [2.24, 2.45) is 7.05 Å². The number of carbonyl (C=O) groups is 1. The second-order valence-electron chi connectivity index (χ2n) is 6.15. The number of aromatic nitrogens is 2. The zero-order valence-corrected chi connectivity index (χ0v) is 13.8. The fraction of sp³-hybridized carbons (Fsp3) is 0.263. The standard InChI is InChI=1S/C19H18FN3O2/c1-23-14-7-4-6-13(20)18(14)22-17(23)9-10-21-19(24)16-11-12-5-2-3-8-15(12)25-16/h2-8,16H,9-11H2,1H3,(H,21,24)/t16-/m1/s1. The minimum atomic E-state index is -0.490. The normalized spacial score (nSPS) is 15.8. The van der Waals surface area contributed by atoms with Crippen LogP contribution in [0.4, 0.5) is 4.39 Å². The van der Waals surface area contributed by atoms with Crippen LogP contribution >= 0.6 is 0 Å². The molecular formula is C19H18FN3O2. The monoisotopic (exact) mass is 339 g/mol. The first-order valence-corrected chi connectivity index (χ1v) is 8.25. The first-order valence-electron chi connectivity index (χ1n) is 8.25. The number of halogens is 1. The summed E-state index contributed by atoms with van der Waals surface area (Å²) in [6.07, 6.45) is 0.616. The molecule has 128 valence electrons. The van der Waals surface area contributed by atoms with Gasteiger partial charge in [-0.2, -0.15) is 0 Å². The van der Waals surface area contributed by atoms with Gasteiger partial charge in [0.05, 0.1) is 5.52 Å². The molecule has 0 aliphatic carbocycles. The molecule has 25 heavy (non-hydrogen) atoms.